The fourth-order valence-corrected chi connectivity index (χ4v) is 2.30. The molecule has 2 N–H and O–H groups in total. The van der Waals surface area contributed by atoms with Gasteiger partial charge in [0.25, 0.3) is 5.91 Å². The highest BCUT2D eigenvalue weighted by Crippen LogP contribution is 2.23. The zero-order valence-electron chi connectivity index (χ0n) is 9.12. The van der Waals surface area contributed by atoms with Crippen LogP contribution in [0.5, 0.6) is 0 Å². The topological polar surface area (TPSA) is 49.3 Å². The van der Waals surface area contributed by atoms with Crippen molar-refractivity contribution < 1.29 is 9.90 Å². The molecule has 2 unspecified atom stereocenters. The van der Waals surface area contributed by atoms with Gasteiger partial charge in [-0.25, -0.2) is 0 Å². The highest BCUT2D eigenvalue weighted by Gasteiger charge is 2.26. The normalized spacial score (nSPS) is 23.7. The van der Waals surface area contributed by atoms with Crippen LogP contribution in [0.25, 0.3) is 0 Å². The van der Waals surface area contributed by atoms with E-state index in [1.807, 2.05) is 0 Å². The number of hydrogen-bond donors (Lipinski definition) is 2. The summed E-state index contributed by atoms with van der Waals surface area (Å²) in [5, 5.41) is 13.2. The van der Waals surface area contributed by atoms with Crippen LogP contribution in [0.1, 0.15) is 29.6 Å². The van der Waals surface area contributed by atoms with Gasteiger partial charge in [0.05, 0.1) is 22.2 Å². The Hall–Kier alpha value is -0.770. The van der Waals surface area contributed by atoms with E-state index in [1.165, 1.54) is 6.07 Å². The van der Waals surface area contributed by atoms with Crippen LogP contribution in [0.15, 0.2) is 18.2 Å². The number of hydrogen-bond acceptors (Lipinski definition) is 2. The number of halogens is 2. The van der Waals surface area contributed by atoms with Crippen molar-refractivity contribution in [3.63, 3.8) is 0 Å². The van der Waals surface area contributed by atoms with Crippen molar-refractivity contribution >= 4 is 29.1 Å². The lowest BCUT2D eigenvalue weighted by Crippen LogP contribution is -2.39. The van der Waals surface area contributed by atoms with Crippen LogP contribution >= 0.6 is 23.2 Å². The first kappa shape index (κ1) is 12.7. The van der Waals surface area contributed by atoms with E-state index in [4.69, 9.17) is 23.2 Å². The average Bonchev–Trinajstić information content (AvgIpc) is 2.68. The molecule has 0 bridgehead atoms. The first-order chi connectivity index (χ1) is 8.08. The number of amides is 1. The molecule has 1 aromatic carbocycles. The molecule has 92 valence electrons. The summed E-state index contributed by atoms with van der Waals surface area (Å²) in [4.78, 5) is 11.9. The van der Waals surface area contributed by atoms with E-state index < -0.39 is 6.10 Å². The molecule has 5 heteroatoms. The molecule has 0 spiro atoms. The predicted molar refractivity (Wildman–Crippen MR) is 67.6 cm³/mol. The zero-order chi connectivity index (χ0) is 12.4. The highest BCUT2D eigenvalue weighted by molar-refractivity contribution is 6.42. The Morgan fingerprint density at radius 3 is 2.65 bits per heavy atom. The molecule has 1 saturated carbocycles. The molecule has 1 aliphatic rings. The third-order valence-corrected chi connectivity index (χ3v) is 3.72. The molecule has 2 rings (SSSR count). The van der Waals surface area contributed by atoms with Crippen LogP contribution in [-0.4, -0.2) is 23.2 Å². The van der Waals surface area contributed by atoms with Crippen molar-refractivity contribution in [1.29, 1.82) is 0 Å². The molecule has 17 heavy (non-hydrogen) atoms. The number of rotatable bonds is 2. The van der Waals surface area contributed by atoms with E-state index in [0.29, 0.717) is 15.6 Å². The molecule has 0 saturated heterocycles. The summed E-state index contributed by atoms with van der Waals surface area (Å²) in [6, 6.07) is 4.58. The summed E-state index contributed by atoms with van der Waals surface area (Å²) in [5.41, 5.74) is 0.457. The largest absolute Gasteiger partial charge is 0.391 e. The Morgan fingerprint density at radius 2 is 2.06 bits per heavy atom. The first-order valence-corrected chi connectivity index (χ1v) is 6.27. The van der Waals surface area contributed by atoms with Crippen molar-refractivity contribution in [2.24, 2.45) is 0 Å². The maximum atomic E-state index is 11.9. The third-order valence-electron chi connectivity index (χ3n) is 2.98. The first-order valence-electron chi connectivity index (χ1n) is 5.52. The van der Waals surface area contributed by atoms with Gasteiger partial charge in [-0.3, -0.25) is 4.79 Å². The maximum absolute atomic E-state index is 11.9. The van der Waals surface area contributed by atoms with Crippen LogP contribution < -0.4 is 5.32 Å². The number of benzene rings is 1. The van der Waals surface area contributed by atoms with E-state index in [9.17, 15) is 9.90 Å². The van der Waals surface area contributed by atoms with Crippen LogP contribution in [0.4, 0.5) is 0 Å². The minimum Gasteiger partial charge on any atom is -0.391 e. The minimum absolute atomic E-state index is 0.156. The second-order valence-electron chi connectivity index (χ2n) is 4.21. The quantitative estimate of drug-likeness (QED) is 0.871. The molecular formula is C12H13Cl2NO2. The molecule has 0 radical (unpaired) electrons. The molecule has 2 atom stereocenters. The Balaban J connectivity index is 2.06. The van der Waals surface area contributed by atoms with E-state index in [0.717, 1.165) is 19.3 Å². The number of carbonyl (C=O) groups excluding carboxylic acids is 1. The SMILES string of the molecule is O=C(NC1CCCC1O)c1ccc(Cl)c(Cl)c1. The van der Waals surface area contributed by atoms with Gasteiger partial charge < -0.3 is 10.4 Å². The number of aliphatic hydroxyl groups excluding tert-OH is 1. The summed E-state index contributed by atoms with van der Waals surface area (Å²) in [5.74, 6) is -0.227. The zero-order valence-corrected chi connectivity index (χ0v) is 10.6. The Labute approximate surface area is 110 Å². The Kier molecular flexibility index (Phi) is 3.92. The van der Waals surface area contributed by atoms with E-state index in [-0.39, 0.29) is 11.9 Å². The van der Waals surface area contributed by atoms with Crippen LogP contribution in [0.2, 0.25) is 10.0 Å². The standard InChI is InChI=1S/C12H13Cl2NO2/c13-8-5-4-7(6-9(8)14)12(17)15-10-2-1-3-11(10)16/h4-6,10-11,16H,1-3H2,(H,15,17). The minimum atomic E-state index is -0.443. The van der Waals surface area contributed by atoms with Gasteiger partial charge in [-0.2, -0.15) is 0 Å². The van der Waals surface area contributed by atoms with Crippen LogP contribution in [0.3, 0.4) is 0 Å². The lowest BCUT2D eigenvalue weighted by atomic mass is 10.1. The molecule has 3 nitrogen and oxygen atoms in total. The molecule has 1 amide bonds. The molecular weight excluding hydrogens is 261 g/mol. The third kappa shape index (κ3) is 2.92. The van der Waals surface area contributed by atoms with Crippen molar-refractivity contribution in [2.75, 3.05) is 0 Å². The fourth-order valence-electron chi connectivity index (χ4n) is 2.00. The predicted octanol–water partition coefficient (Wildman–Crippen LogP) is 2.64. The lowest BCUT2D eigenvalue weighted by molar-refractivity contribution is 0.0873. The van der Waals surface area contributed by atoms with Gasteiger partial charge in [0.2, 0.25) is 0 Å². The summed E-state index contributed by atoms with van der Waals surface area (Å²) < 4.78 is 0. The van der Waals surface area contributed by atoms with E-state index in [1.54, 1.807) is 12.1 Å². The van der Waals surface area contributed by atoms with Crippen molar-refractivity contribution in [1.82, 2.24) is 5.32 Å². The number of aliphatic hydroxyl groups is 1. The van der Waals surface area contributed by atoms with Gasteiger partial charge in [-0.1, -0.05) is 23.2 Å². The van der Waals surface area contributed by atoms with E-state index >= 15 is 0 Å². The van der Waals surface area contributed by atoms with Crippen LogP contribution in [0, 0.1) is 0 Å². The summed E-state index contributed by atoms with van der Waals surface area (Å²) in [6.07, 6.45) is 2.05. The van der Waals surface area contributed by atoms with Gasteiger partial charge in [0, 0.05) is 5.56 Å². The van der Waals surface area contributed by atoms with Crippen LogP contribution in [-0.2, 0) is 0 Å². The van der Waals surface area contributed by atoms with Gasteiger partial charge >= 0.3 is 0 Å². The van der Waals surface area contributed by atoms with Gasteiger partial charge in [0.1, 0.15) is 0 Å². The van der Waals surface area contributed by atoms with Crippen molar-refractivity contribution in [3.05, 3.63) is 33.8 Å². The fraction of sp³-hybridized carbons (Fsp3) is 0.417. The van der Waals surface area contributed by atoms with Gasteiger partial charge in [0.15, 0.2) is 0 Å². The number of carbonyl (C=O) groups is 1. The maximum Gasteiger partial charge on any atom is 0.251 e. The smallest absolute Gasteiger partial charge is 0.251 e. The van der Waals surface area contributed by atoms with Gasteiger partial charge in [-0.15, -0.1) is 0 Å². The molecule has 0 aliphatic heterocycles. The van der Waals surface area contributed by atoms with E-state index in [2.05, 4.69) is 5.32 Å². The average molecular weight is 274 g/mol. The monoisotopic (exact) mass is 273 g/mol. The van der Waals surface area contributed by atoms with Crippen molar-refractivity contribution in [3.8, 4) is 0 Å². The second-order valence-corrected chi connectivity index (χ2v) is 5.02. The highest BCUT2D eigenvalue weighted by atomic mass is 35.5. The van der Waals surface area contributed by atoms with Gasteiger partial charge in [-0.05, 0) is 37.5 Å². The lowest BCUT2D eigenvalue weighted by Gasteiger charge is -2.16. The molecule has 1 aromatic rings. The molecule has 0 aromatic heterocycles. The second kappa shape index (κ2) is 5.25. The summed E-state index contributed by atoms with van der Waals surface area (Å²) in [6.45, 7) is 0. The molecule has 0 heterocycles. The van der Waals surface area contributed by atoms with Crippen molar-refractivity contribution in [2.45, 2.75) is 31.4 Å². The summed E-state index contributed by atoms with van der Waals surface area (Å²) >= 11 is 11.6. The Bertz CT molecular complexity index is 437. The molecule has 1 fully saturated rings. The number of nitrogens with one attached hydrogen (secondary N) is 1. The summed E-state index contributed by atoms with van der Waals surface area (Å²) in [7, 11) is 0. The Morgan fingerprint density at radius 1 is 1.29 bits per heavy atom. The molecule has 1 aliphatic carbocycles.